The van der Waals surface area contributed by atoms with Gasteiger partial charge in [0.15, 0.2) is 5.76 Å². The number of hydrogen-bond acceptors (Lipinski definition) is 5. The SMILES string of the molecule is CCOC(=O)C(O)(NC(=O)c1ccco1)C(F)(F)F. The fraction of sp³-hybridized carbons (Fsp3) is 0.400. The first-order chi connectivity index (χ1) is 8.72. The lowest BCUT2D eigenvalue weighted by atomic mass is 10.2. The summed E-state index contributed by atoms with van der Waals surface area (Å²) in [5, 5.41) is 10.5. The fourth-order valence-corrected chi connectivity index (χ4v) is 1.11. The highest BCUT2D eigenvalue weighted by atomic mass is 19.4. The first-order valence-electron chi connectivity index (χ1n) is 5.04. The summed E-state index contributed by atoms with van der Waals surface area (Å²) >= 11 is 0. The summed E-state index contributed by atoms with van der Waals surface area (Å²) in [6, 6.07) is 2.32. The van der Waals surface area contributed by atoms with Gasteiger partial charge in [0.25, 0.3) is 5.91 Å². The van der Waals surface area contributed by atoms with Gasteiger partial charge in [0.1, 0.15) is 0 Å². The molecule has 0 saturated carbocycles. The molecule has 1 rings (SSSR count). The lowest BCUT2D eigenvalue weighted by molar-refractivity contribution is -0.269. The number of ether oxygens (including phenoxy) is 1. The van der Waals surface area contributed by atoms with Crippen molar-refractivity contribution in [3.05, 3.63) is 24.2 Å². The summed E-state index contributed by atoms with van der Waals surface area (Å²) in [4.78, 5) is 22.6. The Balaban J connectivity index is 2.99. The van der Waals surface area contributed by atoms with E-state index in [9.17, 15) is 27.9 Å². The number of aliphatic hydroxyl groups is 1. The third kappa shape index (κ3) is 3.05. The normalized spacial score (nSPS) is 14.6. The zero-order chi connectivity index (χ0) is 14.7. The van der Waals surface area contributed by atoms with Gasteiger partial charge in [-0.3, -0.25) is 4.79 Å². The third-order valence-corrected chi connectivity index (χ3v) is 2.02. The van der Waals surface area contributed by atoms with Crippen molar-refractivity contribution in [2.24, 2.45) is 0 Å². The second kappa shape index (κ2) is 5.31. The second-order valence-electron chi connectivity index (χ2n) is 3.36. The maximum Gasteiger partial charge on any atom is 0.448 e. The maximum atomic E-state index is 12.7. The molecule has 1 amide bonds. The van der Waals surface area contributed by atoms with Crippen molar-refractivity contribution in [1.82, 2.24) is 5.32 Å². The zero-order valence-corrected chi connectivity index (χ0v) is 9.65. The van der Waals surface area contributed by atoms with Gasteiger partial charge in [-0.1, -0.05) is 0 Å². The number of amides is 1. The second-order valence-corrected chi connectivity index (χ2v) is 3.36. The molecule has 9 heteroatoms. The van der Waals surface area contributed by atoms with Crippen LogP contribution in [0.3, 0.4) is 0 Å². The van der Waals surface area contributed by atoms with Crippen LogP contribution in [0.15, 0.2) is 22.8 Å². The highest BCUT2D eigenvalue weighted by molar-refractivity contribution is 5.95. The van der Waals surface area contributed by atoms with Crippen LogP contribution in [0.2, 0.25) is 0 Å². The van der Waals surface area contributed by atoms with E-state index in [4.69, 9.17) is 0 Å². The molecule has 0 aliphatic heterocycles. The van der Waals surface area contributed by atoms with Gasteiger partial charge in [-0.2, -0.15) is 13.2 Å². The molecule has 0 radical (unpaired) electrons. The Morgan fingerprint density at radius 3 is 2.53 bits per heavy atom. The average molecular weight is 281 g/mol. The van der Waals surface area contributed by atoms with Crippen LogP contribution in [-0.4, -0.2) is 35.5 Å². The molecule has 0 saturated heterocycles. The summed E-state index contributed by atoms with van der Waals surface area (Å²) in [6.45, 7) is 0.858. The van der Waals surface area contributed by atoms with Gasteiger partial charge in [-0.05, 0) is 19.1 Å². The summed E-state index contributed by atoms with van der Waals surface area (Å²) in [5.41, 5.74) is -4.13. The van der Waals surface area contributed by atoms with Gasteiger partial charge in [0.2, 0.25) is 0 Å². The van der Waals surface area contributed by atoms with Crippen molar-refractivity contribution in [3.8, 4) is 0 Å². The zero-order valence-electron chi connectivity index (χ0n) is 9.65. The molecule has 0 fully saturated rings. The van der Waals surface area contributed by atoms with Gasteiger partial charge in [0, 0.05) is 0 Å². The van der Waals surface area contributed by atoms with E-state index >= 15 is 0 Å². The smallest absolute Gasteiger partial charge is 0.448 e. The van der Waals surface area contributed by atoms with Crippen LogP contribution in [0.25, 0.3) is 0 Å². The van der Waals surface area contributed by atoms with Crippen molar-refractivity contribution in [1.29, 1.82) is 0 Å². The quantitative estimate of drug-likeness (QED) is 0.630. The van der Waals surface area contributed by atoms with E-state index in [0.717, 1.165) is 17.6 Å². The van der Waals surface area contributed by atoms with Crippen LogP contribution in [-0.2, 0) is 9.53 Å². The fourth-order valence-electron chi connectivity index (χ4n) is 1.11. The van der Waals surface area contributed by atoms with Crippen LogP contribution in [0.4, 0.5) is 13.2 Å². The van der Waals surface area contributed by atoms with Crippen molar-refractivity contribution < 1.29 is 37.0 Å². The molecule has 0 aliphatic rings. The lowest BCUT2D eigenvalue weighted by Gasteiger charge is -2.28. The third-order valence-electron chi connectivity index (χ3n) is 2.02. The molecule has 0 aromatic carbocycles. The number of nitrogens with one attached hydrogen (secondary N) is 1. The molecule has 19 heavy (non-hydrogen) atoms. The van der Waals surface area contributed by atoms with Crippen molar-refractivity contribution in [2.45, 2.75) is 18.8 Å². The summed E-state index contributed by atoms with van der Waals surface area (Å²) in [5.74, 6) is -3.92. The van der Waals surface area contributed by atoms with Crippen molar-refractivity contribution in [3.63, 3.8) is 0 Å². The number of hydrogen-bond donors (Lipinski definition) is 2. The lowest BCUT2D eigenvalue weighted by Crippen LogP contribution is -2.64. The van der Waals surface area contributed by atoms with Crippen LogP contribution in [0, 0.1) is 0 Å². The van der Waals surface area contributed by atoms with Crippen molar-refractivity contribution in [2.75, 3.05) is 6.61 Å². The minimum Gasteiger partial charge on any atom is -0.462 e. The first-order valence-corrected chi connectivity index (χ1v) is 5.04. The Bertz CT molecular complexity index is 456. The van der Waals surface area contributed by atoms with E-state index in [1.54, 1.807) is 0 Å². The van der Waals surface area contributed by atoms with E-state index in [0.29, 0.717) is 0 Å². The Labute approximate surface area is 105 Å². The molecule has 1 atom stereocenters. The highest BCUT2D eigenvalue weighted by Gasteiger charge is 2.62. The van der Waals surface area contributed by atoms with E-state index in [-0.39, 0.29) is 0 Å². The van der Waals surface area contributed by atoms with E-state index in [1.165, 1.54) is 13.0 Å². The minimum atomic E-state index is -5.44. The van der Waals surface area contributed by atoms with Crippen LogP contribution in [0.1, 0.15) is 17.5 Å². The van der Waals surface area contributed by atoms with Gasteiger partial charge >= 0.3 is 17.9 Å². The Morgan fingerprint density at radius 1 is 1.47 bits per heavy atom. The van der Waals surface area contributed by atoms with Gasteiger partial charge in [0.05, 0.1) is 12.9 Å². The molecule has 1 aromatic heterocycles. The van der Waals surface area contributed by atoms with E-state index < -0.39 is 36.1 Å². The number of halogens is 3. The molecule has 1 unspecified atom stereocenters. The Kier molecular flexibility index (Phi) is 4.20. The van der Waals surface area contributed by atoms with Crippen LogP contribution < -0.4 is 5.32 Å². The van der Waals surface area contributed by atoms with E-state index in [2.05, 4.69) is 9.15 Å². The van der Waals surface area contributed by atoms with Crippen molar-refractivity contribution >= 4 is 11.9 Å². The van der Waals surface area contributed by atoms with Crippen LogP contribution in [0.5, 0.6) is 0 Å². The monoisotopic (exact) mass is 281 g/mol. The van der Waals surface area contributed by atoms with Crippen LogP contribution >= 0.6 is 0 Å². The molecule has 0 spiro atoms. The summed E-state index contributed by atoms with van der Waals surface area (Å²) in [7, 11) is 0. The molecule has 0 bridgehead atoms. The predicted molar refractivity (Wildman–Crippen MR) is 53.8 cm³/mol. The van der Waals surface area contributed by atoms with Gasteiger partial charge < -0.3 is 19.6 Å². The highest BCUT2D eigenvalue weighted by Crippen LogP contribution is 2.29. The number of carbonyl (C=O) groups excluding carboxylic acids is 2. The Morgan fingerprint density at radius 2 is 2.11 bits per heavy atom. The molecule has 1 aromatic rings. The molecule has 0 aliphatic carbocycles. The standard InChI is InChI=1S/C10H10F3NO5/c1-2-18-8(16)9(17,10(11,12)13)14-7(15)6-4-3-5-19-6/h3-5,17H,2H2,1H3,(H,14,15). The topological polar surface area (TPSA) is 88.8 Å². The summed E-state index contributed by atoms with van der Waals surface area (Å²) < 4.78 is 46.7. The first kappa shape index (κ1) is 15.0. The number of esters is 1. The number of alkyl halides is 3. The molecule has 2 N–H and O–H groups in total. The van der Waals surface area contributed by atoms with Gasteiger partial charge in [-0.25, -0.2) is 4.79 Å². The largest absolute Gasteiger partial charge is 0.462 e. The molecular formula is C10H10F3NO5. The number of carbonyl (C=O) groups is 2. The minimum absolute atomic E-state index is 0.395. The molecule has 1 heterocycles. The predicted octanol–water partition coefficient (Wildman–Crippen LogP) is 0.823. The average Bonchev–Trinajstić information content (AvgIpc) is 2.80. The molecule has 106 valence electrons. The summed E-state index contributed by atoms with van der Waals surface area (Å²) in [6.07, 6.45) is -4.40. The molecular weight excluding hydrogens is 271 g/mol. The van der Waals surface area contributed by atoms with E-state index in [1.807, 2.05) is 0 Å². The molecule has 6 nitrogen and oxygen atoms in total. The van der Waals surface area contributed by atoms with Gasteiger partial charge in [-0.15, -0.1) is 0 Å². The number of rotatable bonds is 4. The number of furan rings is 1. The Hall–Kier alpha value is -2.03. The maximum absolute atomic E-state index is 12.7.